The van der Waals surface area contributed by atoms with Crippen LogP contribution < -0.4 is 14.2 Å². The normalized spacial score (nSPS) is 10.7. The van der Waals surface area contributed by atoms with E-state index in [4.69, 9.17) is 14.2 Å². The highest BCUT2D eigenvalue weighted by atomic mass is 19.1. The van der Waals surface area contributed by atoms with Crippen molar-refractivity contribution in [1.29, 1.82) is 0 Å². The molecule has 0 saturated heterocycles. The molecule has 4 rings (SSSR count). The number of ether oxygens (including phenoxy) is 3. The molecule has 162 valence electrons. The second-order valence-corrected chi connectivity index (χ2v) is 6.97. The third-order valence-corrected chi connectivity index (χ3v) is 5.00. The summed E-state index contributed by atoms with van der Waals surface area (Å²) in [6.07, 6.45) is 1.54. The number of methoxy groups -OCH3 is 1. The Morgan fingerprint density at radius 3 is 2.62 bits per heavy atom. The number of nitro benzene ring substituents is 1. The molecule has 0 spiro atoms. The molecule has 0 unspecified atom stereocenters. The topological polar surface area (TPSA) is 83.7 Å². The summed E-state index contributed by atoms with van der Waals surface area (Å²) < 4.78 is 31.6. The predicted molar refractivity (Wildman–Crippen MR) is 117 cm³/mol. The molecule has 0 amide bonds. The monoisotopic (exact) mass is 434 g/mol. The molecule has 0 aliphatic rings. The van der Waals surface area contributed by atoms with Crippen LogP contribution in [-0.2, 0) is 6.61 Å². The summed E-state index contributed by atoms with van der Waals surface area (Å²) in [6, 6.07) is 17.0. The maximum atomic E-state index is 14.6. The van der Waals surface area contributed by atoms with E-state index in [0.717, 1.165) is 11.3 Å². The summed E-state index contributed by atoms with van der Waals surface area (Å²) in [6.45, 7) is 1.66. The van der Waals surface area contributed by atoms with Gasteiger partial charge < -0.3 is 14.2 Å². The van der Waals surface area contributed by atoms with Gasteiger partial charge in [-0.2, -0.15) is 0 Å². The second kappa shape index (κ2) is 8.89. The van der Waals surface area contributed by atoms with Crippen LogP contribution in [0.1, 0.15) is 11.1 Å². The van der Waals surface area contributed by atoms with Crippen molar-refractivity contribution < 1.29 is 23.5 Å². The van der Waals surface area contributed by atoms with E-state index in [1.807, 2.05) is 24.3 Å². The van der Waals surface area contributed by atoms with Crippen LogP contribution in [0.15, 0.2) is 66.9 Å². The van der Waals surface area contributed by atoms with Crippen LogP contribution in [-0.4, -0.2) is 17.0 Å². The van der Waals surface area contributed by atoms with Gasteiger partial charge in [-0.05, 0) is 37.3 Å². The van der Waals surface area contributed by atoms with Crippen molar-refractivity contribution in [2.45, 2.75) is 13.5 Å². The molecule has 0 bridgehead atoms. The number of nitrogens with zero attached hydrogens (tertiary/aromatic N) is 2. The molecule has 0 aliphatic carbocycles. The van der Waals surface area contributed by atoms with E-state index in [-0.39, 0.29) is 17.0 Å². The van der Waals surface area contributed by atoms with Crippen molar-refractivity contribution in [3.05, 3.63) is 93.9 Å². The minimum Gasteiger partial charge on any atom is -0.496 e. The van der Waals surface area contributed by atoms with Gasteiger partial charge in [0.1, 0.15) is 23.9 Å². The highest BCUT2D eigenvalue weighted by Gasteiger charge is 2.19. The smallest absolute Gasteiger partial charge is 0.275 e. The van der Waals surface area contributed by atoms with Crippen molar-refractivity contribution >= 4 is 16.6 Å². The molecule has 0 N–H and O–H groups in total. The van der Waals surface area contributed by atoms with Gasteiger partial charge in [0.2, 0.25) is 0 Å². The first kappa shape index (κ1) is 21.0. The molecule has 3 aromatic carbocycles. The van der Waals surface area contributed by atoms with E-state index in [1.54, 1.807) is 31.4 Å². The quantitative estimate of drug-likeness (QED) is 0.263. The van der Waals surface area contributed by atoms with Gasteiger partial charge in [-0.15, -0.1) is 0 Å². The van der Waals surface area contributed by atoms with E-state index in [1.165, 1.54) is 25.3 Å². The van der Waals surface area contributed by atoms with E-state index in [9.17, 15) is 14.5 Å². The van der Waals surface area contributed by atoms with Crippen molar-refractivity contribution in [2.24, 2.45) is 0 Å². The Balaban J connectivity index is 1.59. The summed E-state index contributed by atoms with van der Waals surface area (Å²) in [5.41, 5.74) is 1.12. The predicted octanol–water partition coefficient (Wildman–Crippen LogP) is 5.97. The number of aromatic nitrogens is 1. The largest absolute Gasteiger partial charge is 0.496 e. The van der Waals surface area contributed by atoms with Crippen LogP contribution in [0.25, 0.3) is 10.9 Å². The number of fused-ring (bicyclic) bond motifs is 1. The molecule has 0 radical (unpaired) electrons. The molecule has 0 aliphatic heterocycles. The van der Waals surface area contributed by atoms with Crippen molar-refractivity contribution in [1.82, 2.24) is 4.98 Å². The first-order valence-electron chi connectivity index (χ1n) is 9.72. The lowest BCUT2D eigenvalue weighted by Crippen LogP contribution is -1.99. The average Bonchev–Trinajstić information content (AvgIpc) is 2.80. The lowest BCUT2D eigenvalue weighted by atomic mass is 10.1. The number of benzene rings is 3. The minimum absolute atomic E-state index is 0.0853. The molecule has 1 heterocycles. The third-order valence-electron chi connectivity index (χ3n) is 5.00. The van der Waals surface area contributed by atoms with Gasteiger partial charge in [-0.1, -0.05) is 18.2 Å². The fourth-order valence-electron chi connectivity index (χ4n) is 3.31. The molecule has 1 aromatic heterocycles. The fourth-order valence-corrected chi connectivity index (χ4v) is 3.31. The van der Waals surface area contributed by atoms with Crippen molar-refractivity contribution in [3.63, 3.8) is 0 Å². The maximum Gasteiger partial charge on any atom is 0.275 e. The number of halogens is 1. The molecule has 7 nitrogen and oxygen atoms in total. The van der Waals surface area contributed by atoms with Gasteiger partial charge in [-0.25, -0.2) is 4.39 Å². The van der Waals surface area contributed by atoms with Crippen LogP contribution in [0.5, 0.6) is 23.0 Å². The van der Waals surface area contributed by atoms with Gasteiger partial charge in [-0.3, -0.25) is 15.1 Å². The first-order valence-corrected chi connectivity index (χ1v) is 9.72. The van der Waals surface area contributed by atoms with Crippen molar-refractivity contribution in [2.75, 3.05) is 7.11 Å². The van der Waals surface area contributed by atoms with Crippen LogP contribution in [0.4, 0.5) is 10.1 Å². The standard InChI is InChI=1S/C24H19FN2O5/c1-15-20(27(28)29)9-10-23(24(15)25)32-22-11-12-26-19-13-17(7-8-18(19)22)31-14-16-5-3-4-6-21(16)30-2/h3-13H,14H2,1-2H3. The molecule has 8 heteroatoms. The Labute approximate surface area is 183 Å². The molecule has 4 aromatic rings. The summed E-state index contributed by atoms with van der Waals surface area (Å²) in [5, 5.41) is 11.6. The molecule has 0 fully saturated rings. The lowest BCUT2D eigenvalue weighted by molar-refractivity contribution is -0.385. The van der Waals surface area contributed by atoms with Gasteiger partial charge in [0, 0.05) is 29.3 Å². The van der Waals surface area contributed by atoms with Gasteiger partial charge >= 0.3 is 0 Å². The maximum absolute atomic E-state index is 14.6. The highest BCUT2D eigenvalue weighted by molar-refractivity contribution is 5.86. The average molecular weight is 434 g/mol. The summed E-state index contributed by atoms with van der Waals surface area (Å²) in [5.74, 6) is 0.837. The highest BCUT2D eigenvalue weighted by Crippen LogP contribution is 2.35. The number of hydrogen-bond donors (Lipinski definition) is 0. The van der Waals surface area contributed by atoms with Crippen LogP contribution in [0, 0.1) is 22.9 Å². The second-order valence-electron chi connectivity index (χ2n) is 6.97. The van der Waals surface area contributed by atoms with E-state index >= 15 is 0 Å². The van der Waals surface area contributed by atoms with Crippen LogP contribution >= 0.6 is 0 Å². The minimum atomic E-state index is -0.777. The summed E-state index contributed by atoms with van der Waals surface area (Å²) in [4.78, 5) is 14.7. The summed E-state index contributed by atoms with van der Waals surface area (Å²) in [7, 11) is 1.61. The number of rotatable bonds is 7. The number of pyridine rings is 1. The molecule has 32 heavy (non-hydrogen) atoms. The Bertz CT molecular complexity index is 1310. The molecule has 0 atom stereocenters. The van der Waals surface area contributed by atoms with Gasteiger partial charge in [0.15, 0.2) is 11.6 Å². The Hall–Kier alpha value is -4.20. The third kappa shape index (κ3) is 4.15. The Morgan fingerprint density at radius 2 is 1.84 bits per heavy atom. The first-order chi connectivity index (χ1) is 15.5. The molecule has 0 saturated carbocycles. The zero-order valence-corrected chi connectivity index (χ0v) is 17.4. The molecular formula is C24H19FN2O5. The Morgan fingerprint density at radius 1 is 1.03 bits per heavy atom. The van der Waals surface area contributed by atoms with Crippen molar-refractivity contribution in [3.8, 4) is 23.0 Å². The zero-order chi connectivity index (χ0) is 22.7. The zero-order valence-electron chi connectivity index (χ0n) is 17.4. The molecular weight excluding hydrogens is 415 g/mol. The summed E-state index contributed by atoms with van der Waals surface area (Å²) >= 11 is 0. The van der Waals surface area contributed by atoms with Gasteiger partial charge in [0.05, 0.1) is 23.1 Å². The van der Waals surface area contributed by atoms with E-state index in [0.29, 0.717) is 29.0 Å². The van der Waals surface area contributed by atoms with E-state index in [2.05, 4.69) is 4.98 Å². The van der Waals surface area contributed by atoms with E-state index < -0.39 is 10.7 Å². The lowest BCUT2D eigenvalue weighted by Gasteiger charge is -2.12. The number of para-hydroxylation sites is 1. The number of hydrogen-bond acceptors (Lipinski definition) is 6. The van der Waals surface area contributed by atoms with Gasteiger partial charge in [0.25, 0.3) is 5.69 Å². The SMILES string of the molecule is COc1ccccc1COc1ccc2c(Oc3ccc([N+](=O)[O-])c(C)c3F)ccnc2c1. The van der Waals surface area contributed by atoms with Crippen LogP contribution in [0.3, 0.4) is 0 Å². The van der Waals surface area contributed by atoms with Crippen LogP contribution in [0.2, 0.25) is 0 Å². The fraction of sp³-hybridized carbons (Fsp3) is 0.125. The number of nitro groups is 1. The Kier molecular flexibility index (Phi) is 5.85.